The molecule has 2 aromatic carbocycles. The standard InChI is InChI=1S/C15H15N3O4S/c1-17-8-7-11-5-6-12(9-15(11)17)16-23(21,22)14-4-2-3-13(10-14)18(19)20/h2-6,9-10,16H,7-8H2,1H3. The molecule has 1 aliphatic rings. The van der Waals surface area contributed by atoms with Crippen molar-refractivity contribution in [2.45, 2.75) is 11.3 Å². The summed E-state index contributed by atoms with van der Waals surface area (Å²) in [7, 11) is -1.93. The number of hydrogen-bond acceptors (Lipinski definition) is 5. The number of nitrogens with zero attached hydrogens (tertiary/aromatic N) is 2. The minimum atomic E-state index is -3.88. The predicted molar refractivity (Wildman–Crippen MR) is 87.3 cm³/mol. The minimum Gasteiger partial charge on any atom is -0.374 e. The third-order valence-corrected chi connectivity index (χ3v) is 5.18. The molecule has 2 aromatic rings. The molecule has 0 amide bonds. The second-order valence-corrected chi connectivity index (χ2v) is 7.06. The van der Waals surface area contributed by atoms with E-state index in [0.717, 1.165) is 24.7 Å². The summed E-state index contributed by atoms with van der Waals surface area (Å²) in [6.07, 6.45) is 0.934. The third-order valence-electron chi connectivity index (χ3n) is 3.80. The minimum absolute atomic E-state index is 0.138. The number of fused-ring (bicyclic) bond motifs is 1. The van der Waals surface area contributed by atoms with E-state index >= 15 is 0 Å². The Hall–Kier alpha value is -2.61. The van der Waals surface area contributed by atoms with Gasteiger partial charge in [0.05, 0.1) is 15.5 Å². The molecule has 0 atom stereocenters. The summed E-state index contributed by atoms with van der Waals surface area (Å²) in [4.78, 5) is 12.1. The molecule has 1 N–H and O–H groups in total. The van der Waals surface area contributed by atoms with Gasteiger partial charge in [-0.05, 0) is 30.2 Å². The van der Waals surface area contributed by atoms with Crippen LogP contribution in [0.3, 0.4) is 0 Å². The molecule has 23 heavy (non-hydrogen) atoms. The van der Waals surface area contributed by atoms with Crippen molar-refractivity contribution in [2.75, 3.05) is 23.2 Å². The molecule has 0 saturated heterocycles. The molecule has 0 fully saturated rings. The van der Waals surface area contributed by atoms with Crippen LogP contribution in [0, 0.1) is 10.1 Å². The van der Waals surface area contributed by atoms with Crippen molar-refractivity contribution < 1.29 is 13.3 Å². The molecular formula is C15H15N3O4S. The molecule has 0 saturated carbocycles. The molecule has 0 aliphatic carbocycles. The fourth-order valence-electron chi connectivity index (χ4n) is 2.58. The fourth-order valence-corrected chi connectivity index (χ4v) is 3.67. The van der Waals surface area contributed by atoms with Crippen LogP contribution in [0.25, 0.3) is 0 Å². The quantitative estimate of drug-likeness (QED) is 0.685. The van der Waals surface area contributed by atoms with Gasteiger partial charge in [0.15, 0.2) is 0 Å². The van der Waals surface area contributed by atoms with Gasteiger partial charge in [-0.2, -0.15) is 0 Å². The average molecular weight is 333 g/mol. The second-order valence-electron chi connectivity index (χ2n) is 5.38. The summed E-state index contributed by atoms with van der Waals surface area (Å²) in [5.74, 6) is 0. The van der Waals surface area contributed by atoms with Crippen molar-refractivity contribution in [3.8, 4) is 0 Å². The number of nitro benzene ring substituents is 1. The van der Waals surface area contributed by atoms with Gasteiger partial charge in [0.2, 0.25) is 0 Å². The summed E-state index contributed by atoms with van der Waals surface area (Å²) >= 11 is 0. The Labute approximate surface area is 133 Å². The molecule has 8 heteroatoms. The van der Waals surface area contributed by atoms with E-state index < -0.39 is 14.9 Å². The second kappa shape index (κ2) is 5.54. The Kier molecular flexibility index (Phi) is 3.69. The van der Waals surface area contributed by atoms with Gasteiger partial charge in [0.1, 0.15) is 0 Å². The third kappa shape index (κ3) is 2.98. The van der Waals surface area contributed by atoms with E-state index in [-0.39, 0.29) is 10.6 Å². The van der Waals surface area contributed by atoms with Crippen LogP contribution in [0.2, 0.25) is 0 Å². The fraction of sp³-hybridized carbons (Fsp3) is 0.200. The zero-order valence-corrected chi connectivity index (χ0v) is 13.2. The first-order chi connectivity index (χ1) is 10.9. The maximum Gasteiger partial charge on any atom is 0.270 e. The maximum absolute atomic E-state index is 12.4. The molecule has 0 spiro atoms. The molecule has 1 aliphatic heterocycles. The van der Waals surface area contributed by atoms with Gasteiger partial charge in [-0.25, -0.2) is 8.42 Å². The topological polar surface area (TPSA) is 92.6 Å². The van der Waals surface area contributed by atoms with Crippen molar-refractivity contribution in [1.82, 2.24) is 0 Å². The lowest BCUT2D eigenvalue weighted by Gasteiger charge is -2.14. The molecule has 1 heterocycles. The monoisotopic (exact) mass is 333 g/mol. The summed E-state index contributed by atoms with van der Waals surface area (Å²) in [6, 6.07) is 10.3. The highest BCUT2D eigenvalue weighted by molar-refractivity contribution is 7.92. The number of benzene rings is 2. The zero-order chi connectivity index (χ0) is 16.6. The van der Waals surface area contributed by atoms with Crippen LogP contribution in [-0.2, 0) is 16.4 Å². The summed E-state index contributed by atoms with van der Waals surface area (Å²) < 4.78 is 27.3. The average Bonchev–Trinajstić information content (AvgIpc) is 2.88. The molecular weight excluding hydrogens is 318 g/mol. The zero-order valence-electron chi connectivity index (χ0n) is 12.4. The van der Waals surface area contributed by atoms with Crippen LogP contribution in [0.4, 0.5) is 17.1 Å². The van der Waals surface area contributed by atoms with Gasteiger partial charge in [-0.15, -0.1) is 0 Å². The summed E-state index contributed by atoms with van der Waals surface area (Å²) in [5.41, 5.74) is 2.33. The van der Waals surface area contributed by atoms with Crippen molar-refractivity contribution in [2.24, 2.45) is 0 Å². The first kappa shape index (κ1) is 15.3. The smallest absolute Gasteiger partial charge is 0.270 e. The SMILES string of the molecule is CN1CCc2ccc(NS(=O)(=O)c3cccc([N+](=O)[O-])c3)cc21. The van der Waals surface area contributed by atoms with Gasteiger partial charge in [-0.1, -0.05) is 12.1 Å². The van der Waals surface area contributed by atoms with Crippen molar-refractivity contribution in [3.05, 3.63) is 58.1 Å². The van der Waals surface area contributed by atoms with Crippen molar-refractivity contribution in [1.29, 1.82) is 0 Å². The number of nitrogens with one attached hydrogen (secondary N) is 1. The van der Waals surface area contributed by atoms with E-state index in [4.69, 9.17) is 0 Å². The van der Waals surface area contributed by atoms with Crippen molar-refractivity contribution in [3.63, 3.8) is 0 Å². The number of sulfonamides is 1. The summed E-state index contributed by atoms with van der Waals surface area (Å²) in [5, 5.41) is 10.8. The lowest BCUT2D eigenvalue weighted by atomic mass is 10.1. The maximum atomic E-state index is 12.4. The largest absolute Gasteiger partial charge is 0.374 e. The molecule has 7 nitrogen and oxygen atoms in total. The lowest BCUT2D eigenvalue weighted by molar-refractivity contribution is -0.385. The van der Waals surface area contributed by atoms with E-state index in [1.54, 1.807) is 12.1 Å². The molecule has 0 aromatic heterocycles. The van der Waals surface area contributed by atoms with Gasteiger partial charge in [-0.3, -0.25) is 14.8 Å². The van der Waals surface area contributed by atoms with Crippen LogP contribution < -0.4 is 9.62 Å². The highest BCUT2D eigenvalue weighted by atomic mass is 32.2. The van der Waals surface area contributed by atoms with E-state index in [1.165, 1.54) is 23.8 Å². The molecule has 0 unspecified atom stereocenters. The van der Waals surface area contributed by atoms with Gasteiger partial charge in [0.25, 0.3) is 15.7 Å². The van der Waals surface area contributed by atoms with E-state index in [1.807, 2.05) is 13.1 Å². The van der Waals surface area contributed by atoms with E-state index in [9.17, 15) is 18.5 Å². The molecule has 0 radical (unpaired) electrons. The number of anilines is 2. The number of rotatable bonds is 4. The Morgan fingerprint density at radius 3 is 2.74 bits per heavy atom. The van der Waals surface area contributed by atoms with Crippen molar-refractivity contribution >= 4 is 27.1 Å². The number of non-ortho nitro benzene ring substituents is 1. The van der Waals surface area contributed by atoms with E-state index in [0.29, 0.717) is 5.69 Å². The number of hydrogen-bond donors (Lipinski definition) is 1. The van der Waals surface area contributed by atoms with Crippen LogP contribution in [0.1, 0.15) is 5.56 Å². The predicted octanol–water partition coefficient (Wildman–Crippen LogP) is 2.39. The molecule has 120 valence electrons. The van der Waals surface area contributed by atoms with Crippen LogP contribution in [0.15, 0.2) is 47.4 Å². The molecule has 0 bridgehead atoms. The Morgan fingerprint density at radius 1 is 1.22 bits per heavy atom. The van der Waals surface area contributed by atoms with Crippen LogP contribution >= 0.6 is 0 Å². The van der Waals surface area contributed by atoms with Gasteiger partial charge in [0, 0.05) is 31.4 Å². The lowest BCUT2D eigenvalue weighted by Crippen LogP contribution is -2.15. The van der Waals surface area contributed by atoms with Gasteiger partial charge < -0.3 is 4.90 Å². The number of likely N-dealkylation sites (N-methyl/N-ethyl adjacent to an activating group) is 1. The highest BCUT2D eigenvalue weighted by Gasteiger charge is 2.20. The van der Waals surface area contributed by atoms with Crippen LogP contribution in [-0.4, -0.2) is 26.9 Å². The highest BCUT2D eigenvalue weighted by Crippen LogP contribution is 2.30. The Morgan fingerprint density at radius 2 is 2.00 bits per heavy atom. The first-order valence-electron chi connectivity index (χ1n) is 6.98. The number of nitro groups is 1. The summed E-state index contributed by atoms with van der Waals surface area (Å²) in [6.45, 7) is 0.899. The normalized spacial score (nSPS) is 13.7. The Bertz CT molecular complexity index is 880. The van der Waals surface area contributed by atoms with Crippen LogP contribution in [0.5, 0.6) is 0 Å². The van der Waals surface area contributed by atoms with Gasteiger partial charge >= 0.3 is 0 Å². The van der Waals surface area contributed by atoms with E-state index in [2.05, 4.69) is 9.62 Å². The Balaban J connectivity index is 1.91. The first-order valence-corrected chi connectivity index (χ1v) is 8.46. The molecule has 3 rings (SSSR count).